The van der Waals surface area contributed by atoms with E-state index in [1.807, 2.05) is 36.4 Å². The minimum absolute atomic E-state index is 0.203. The predicted molar refractivity (Wildman–Crippen MR) is 82.0 cm³/mol. The molecule has 2 aromatic carbocycles. The monoisotopic (exact) mass is 284 g/mol. The maximum absolute atomic E-state index is 9.85. The highest BCUT2D eigenvalue weighted by Gasteiger charge is 2.32. The van der Waals surface area contributed by atoms with E-state index >= 15 is 0 Å². The van der Waals surface area contributed by atoms with E-state index in [0.29, 0.717) is 11.5 Å². The fraction of sp³-hybridized carbons (Fsp3) is 0.333. The predicted octanol–water partition coefficient (Wildman–Crippen LogP) is 4.25. The lowest BCUT2D eigenvalue weighted by Gasteiger charge is -2.19. The van der Waals surface area contributed by atoms with Gasteiger partial charge in [-0.25, -0.2) is 0 Å². The molecule has 21 heavy (non-hydrogen) atoms. The van der Waals surface area contributed by atoms with Crippen LogP contribution in [0, 0.1) is 0 Å². The number of aliphatic hydroxyl groups is 1. The van der Waals surface area contributed by atoms with Crippen molar-refractivity contribution in [3.63, 3.8) is 0 Å². The molecular formula is C18H20O3. The van der Waals surface area contributed by atoms with Crippen LogP contribution in [0.5, 0.6) is 17.2 Å². The molecule has 1 atom stereocenters. The Bertz CT molecular complexity index is 659. The fourth-order valence-corrected chi connectivity index (χ4v) is 2.70. The highest BCUT2D eigenvalue weighted by molar-refractivity contribution is 5.52. The van der Waals surface area contributed by atoms with Crippen molar-refractivity contribution in [1.82, 2.24) is 0 Å². The van der Waals surface area contributed by atoms with Gasteiger partial charge in [0.1, 0.15) is 11.4 Å². The van der Waals surface area contributed by atoms with Crippen LogP contribution in [0.15, 0.2) is 42.5 Å². The topological polar surface area (TPSA) is 38.7 Å². The molecule has 0 radical (unpaired) electrons. The van der Waals surface area contributed by atoms with E-state index in [-0.39, 0.29) is 5.60 Å². The Labute approximate surface area is 125 Å². The zero-order valence-electron chi connectivity index (χ0n) is 12.6. The summed E-state index contributed by atoms with van der Waals surface area (Å²) in [6.45, 7) is 5.87. The van der Waals surface area contributed by atoms with Crippen molar-refractivity contribution in [1.29, 1.82) is 0 Å². The smallest absolute Gasteiger partial charge is 0.169 e. The first-order valence-corrected chi connectivity index (χ1v) is 7.22. The lowest BCUT2D eigenvalue weighted by atomic mass is 10.0. The zero-order valence-corrected chi connectivity index (χ0v) is 12.6. The van der Waals surface area contributed by atoms with Crippen LogP contribution in [0.1, 0.15) is 38.0 Å². The summed E-state index contributed by atoms with van der Waals surface area (Å²) in [4.78, 5) is 0. The lowest BCUT2D eigenvalue weighted by molar-refractivity contribution is 0.134. The van der Waals surface area contributed by atoms with Crippen molar-refractivity contribution < 1.29 is 14.6 Å². The van der Waals surface area contributed by atoms with Crippen LogP contribution < -0.4 is 9.47 Å². The molecule has 3 rings (SSSR count). The van der Waals surface area contributed by atoms with Crippen LogP contribution in [0.25, 0.3) is 0 Å². The zero-order chi connectivity index (χ0) is 15.0. The van der Waals surface area contributed by atoms with Crippen molar-refractivity contribution in [2.45, 2.75) is 38.9 Å². The molecule has 0 aliphatic carbocycles. The third-order valence-electron chi connectivity index (χ3n) is 3.64. The van der Waals surface area contributed by atoms with Gasteiger partial charge in [0.25, 0.3) is 0 Å². The summed E-state index contributed by atoms with van der Waals surface area (Å²) in [6, 6.07) is 13.5. The molecule has 2 aromatic rings. The standard InChI is InChI=1S/C18H20O3/c1-12(19)14-8-4-5-9-15(14)20-16-10-6-7-13-11-18(2,3)21-17(13)16/h4-10,12,19H,11H2,1-3H3/t12-/m1/s1. The minimum Gasteiger partial charge on any atom is -0.483 e. The van der Waals surface area contributed by atoms with Crippen LogP contribution in [-0.2, 0) is 6.42 Å². The maximum atomic E-state index is 9.85. The van der Waals surface area contributed by atoms with Gasteiger partial charge in [0.15, 0.2) is 11.5 Å². The van der Waals surface area contributed by atoms with Gasteiger partial charge in [-0.3, -0.25) is 0 Å². The van der Waals surface area contributed by atoms with Crippen LogP contribution >= 0.6 is 0 Å². The number of hydrogen-bond acceptors (Lipinski definition) is 3. The van der Waals surface area contributed by atoms with E-state index in [2.05, 4.69) is 19.9 Å². The van der Waals surface area contributed by atoms with E-state index in [0.717, 1.165) is 23.3 Å². The van der Waals surface area contributed by atoms with Gasteiger partial charge in [-0.15, -0.1) is 0 Å². The molecule has 110 valence electrons. The fourth-order valence-electron chi connectivity index (χ4n) is 2.70. The minimum atomic E-state index is -0.574. The van der Waals surface area contributed by atoms with Gasteiger partial charge in [0.05, 0.1) is 6.10 Å². The summed E-state index contributed by atoms with van der Waals surface area (Å²) in [5, 5.41) is 9.85. The van der Waals surface area contributed by atoms with E-state index < -0.39 is 6.10 Å². The summed E-state index contributed by atoms with van der Waals surface area (Å²) >= 11 is 0. The number of fused-ring (bicyclic) bond motifs is 1. The first-order valence-electron chi connectivity index (χ1n) is 7.22. The third-order valence-corrected chi connectivity index (χ3v) is 3.64. The van der Waals surface area contributed by atoms with Crippen LogP contribution in [0.4, 0.5) is 0 Å². The summed E-state index contributed by atoms with van der Waals surface area (Å²) in [5.41, 5.74) is 1.73. The van der Waals surface area contributed by atoms with Crippen molar-refractivity contribution in [2.24, 2.45) is 0 Å². The lowest BCUT2D eigenvalue weighted by Crippen LogP contribution is -2.24. The van der Waals surface area contributed by atoms with Gasteiger partial charge in [0, 0.05) is 17.5 Å². The number of rotatable bonds is 3. The molecule has 0 saturated carbocycles. The van der Waals surface area contributed by atoms with Gasteiger partial charge in [-0.05, 0) is 32.9 Å². The number of aliphatic hydroxyl groups excluding tert-OH is 1. The Morgan fingerprint density at radius 1 is 1.10 bits per heavy atom. The first kappa shape index (κ1) is 14.0. The molecule has 1 aliphatic heterocycles. The highest BCUT2D eigenvalue weighted by atomic mass is 16.5. The van der Waals surface area contributed by atoms with Gasteiger partial charge in [0.2, 0.25) is 0 Å². The van der Waals surface area contributed by atoms with Gasteiger partial charge >= 0.3 is 0 Å². The molecular weight excluding hydrogens is 264 g/mol. The second kappa shape index (κ2) is 5.08. The van der Waals surface area contributed by atoms with Crippen molar-refractivity contribution >= 4 is 0 Å². The number of para-hydroxylation sites is 2. The SMILES string of the molecule is C[C@@H](O)c1ccccc1Oc1cccc2c1OC(C)(C)C2. The molecule has 0 amide bonds. The molecule has 0 saturated heterocycles. The van der Waals surface area contributed by atoms with E-state index in [1.54, 1.807) is 6.92 Å². The molecule has 0 spiro atoms. The molecule has 0 unspecified atom stereocenters. The summed E-state index contributed by atoms with van der Waals surface area (Å²) in [7, 11) is 0. The van der Waals surface area contributed by atoms with E-state index in [9.17, 15) is 5.11 Å². The van der Waals surface area contributed by atoms with Crippen LogP contribution in [0.3, 0.4) is 0 Å². The van der Waals surface area contributed by atoms with Crippen LogP contribution in [0.2, 0.25) is 0 Å². The van der Waals surface area contributed by atoms with Crippen LogP contribution in [-0.4, -0.2) is 10.7 Å². The molecule has 0 fully saturated rings. The van der Waals surface area contributed by atoms with Gasteiger partial charge < -0.3 is 14.6 Å². The summed E-state index contributed by atoms with van der Waals surface area (Å²) in [6.07, 6.45) is 0.299. The molecule has 3 nitrogen and oxygen atoms in total. The van der Waals surface area contributed by atoms with Gasteiger partial charge in [-0.1, -0.05) is 30.3 Å². The Morgan fingerprint density at radius 3 is 2.57 bits per heavy atom. The highest BCUT2D eigenvalue weighted by Crippen LogP contribution is 2.44. The number of hydrogen-bond donors (Lipinski definition) is 1. The second-order valence-corrected chi connectivity index (χ2v) is 6.10. The molecule has 0 bridgehead atoms. The maximum Gasteiger partial charge on any atom is 0.169 e. The largest absolute Gasteiger partial charge is 0.483 e. The molecule has 1 N–H and O–H groups in total. The normalized spacial score (nSPS) is 17.0. The second-order valence-electron chi connectivity index (χ2n) is 6.10. The molecule has 1 heterocycles. The summed E-state index contributed by atoms with van der Waals surface area (Å²) < 4.78 is 12.0. The number of ether oxygens (including phenoxy) is 2. The molecule has 0 aromatic heterocycles. The third kappa shape index (κ3) is 2.74. The molecule has 1 aliphatic rings. The average Bonchev–Trinajstić information content (AvgIpc) is 2.74. The first-order chi connectivity index (χ1) is 9.96. The van der Waals surface area contributed by atoms with Crippen molar-refractivity contribution in [2.75, 3.05) is 0 Å². The summed E-state index contributed by atoms with van der Waals surface area (Å²) in [5.74, 6) is 2.17. The van der Waals surface area contributed by atoms with Crippen molar-refractivity contribution in [3.05, 3.63) is 53.6 Å². The number of benzene rings is 2. The Hall–Kier alpha value is -2.00. The van der Waals surface area contributed by atoms with E-state index in [4.69, 9.17) is 9.47 Å². The molecule has 3 heteroatoms. The van der Waals surface area contributed by atoms with Crippen molar-refractivity contribution in [3.8, 4) is 17.2 Å². The quantitative estimate of drug-likeness (QED) is 0.916. The Morgan fingerprint density at radius 2 is 1.81 bits per heavy atom. The average molecular weight is 284 g/mol. The van der Waals surface area contributed by atoms with E-state index in [1.165, 1.54) is 0 Å². The van der Waals surface area contributed by atoms with Gasteiger partial charge in [-0.2, -0.15) is 0 Å². The Balaban J connectivity index is 1.97. The Kier molecular flexibility index (Phi) is 3.38.